The normalized spacial score (nSPS) is 10.1. The summed E-state index contributed by atoms with van der Waals surface area (Å²) in [5.74, 6) is 0. The Morgan fingerprint density at radius 2 is 1.57 bits per heavy atom. The van der Waals surface area contributed by atoms with E-state index in [1.165, 1.54) is 6.33 Å². The smallest absolute Gasteiger partial charge is 0.115 e. The summed E-state index contributed by atoms with van der Waals surface area (Å²) in [6.45, 7) is 0. The fraction of sp³-hybridized carbons (Fsp3) is 0. The molecule has 0 spiro atoms. The first-order chi connectivity index (χ1) is 6.77. The van der Waals surface area contributed by atoms with Gasteiger partial charge in [-0.2, -0.15) is 0 Å². The lowest BCUT2D eigenvalue weighted by atomic mass is 10.1. The van der Waals surface area contributed by atoms with Crippen molar-refractivity contribution in [3.8, 4) is 11.1 Å². The van der Waals surface area contributed by atoms with Gasteiger partial charge in [-0.25, -0.2) is 9.97 Å². The van der Waals surface area contributed by atoms with E-state index in [-0.39, 0.29) is 0 Å². The molecule has 0 unspecified atom stereocenters. The molecule has 1 aromatic heterocycles. The molecule has 70 valence electrons. The molecule has 0 saturated heterocycles. The quantitative estimate of drug-likeness (QED) is 0.742. The van der Waals surface area contributed by atoms with Gasteiger partial charge in [-0.1, -0.05) is 29.3 Å². The Bertz CT molecular complexity index is 443. The van der Waals surface area contributed by atoms with E-state index in [0.717, 1.165) is 11.1 Å². The van der Waals surface area contributed by atoms with Gasteiger partial charge in [0.1, 0.15) is 6.33 Å². The van der Waals surface area contributed by atoms with Crippen LogP contribution in [-0.2, 0) is 0 Å². The van der Waals surface area contributed by atoms with Gasteiger partial charge in [0.2, 0.25) is 0 Å². The molecule has 2 nitrogen and oxygen atoms in total. The van der Waals surface area contributed by atoms with Gasteiger partial charge >= 0.3 is 0 Å². The van der Waals surface area contributed by atoms with Crippen molar-refractivity contribution in [1.82, 2.24) is 9.97 Å². The minimum atomic E-state index is 0.535. The topological polar surface area (TPSA) is 25.8 Å². The van der Waals surface area contributed by atoms with Crippen molar-refractivity contribution in [3.05, 3.63) is 47.0 Å². The molecule has 2 aromatic rings. The fourth-order valence-corrected chi connectivity index (χ4v) is 1.42. The van der Waals surface area contributed by atoms with Crippen LogP contribution >= 0.6 is 23.2 Å². The molecule has 0 fully saturated rings. The average Bonchev–Trinajstić information content (AvgIpc) is 2.23. The molecule has 0 N–H and O–H groups in total. The van der Waals surface area contributed by atoms with Gasteiger partial charge in [-0.15, -0.1) is 0 Å². The Hall–Kier alpha value is -1.12. The molecule has 0 aliphatic carbocycles. The van der Waals surface area contributed by atoms with Crippen molar-refractivity contribution in [3.63, 3.8) is 0 Å². The molecule has 1 aromatic carbocycles. The van der Waals surface area contributed by atoms with E-state index in [2.05, 4.69) is 9.97 Å². The van der Waals surface area contributed by atoms with E-state index in [1.54, 1.807) is 24.5 Å². The van der Waals surface area contributed by atoms with Crippen molar-refractivity contribution in [1.29, 1.82) is 0 Å². The van der Waals surface area contributed by atoms with E-state index in [4.69, 9.17) is 23.2 Å². The van der Waals surface area contributed by atoms with Crippen LogP contribution < -0.4 is 0 Å². The van der Waals surface area contributed by atoms with E-state index in [9.17, 15) is 0 Å². The second-order valence-corrected chi connectivity index (χ2v) is 3.57. The lowest BCUT2D eigenvalue weighted by Crippen LogP contribution is -1.81. The fourth-order valence-electron chi connectivity index (χ4n) is 1.12. The van der Waals surface area contributed by atoms with Crippen LogP contribution in [0.4, 0.5) is 0 Å². The maximum absolute atomic E-state index is 5.89. The van der Waals surface area contributed by atoms with Crippen LogP contribution in [0.25, 0.3) is 11.1 Å². The molecule has 0 atom stereocenters. The summed E-state index contributed by atoms with van der Waals surface area (Å²) in [5, 5.41) is 1.08. The lowest BCUT2D eigenvalue weighted by molar-refractivity contribution is 1.17. The van der Waals surface area contributed by atoms with Gasteiger partial charge in [0.25, 0.3) is 0 Å². The van der Waals surface area contributed by atoms with Gasteiger partial charge < -0.3 is 0 Å². The molecular weight excluding hydrogens is 219 g/mol. The standard InChI is InChI=1S/C10H6Cl2N2/c11-9-2-1-7(3-10(9)12)8-4-13-6-14-5-8/h1-6H. The van der Waals surface area contributed by atoms with Gasteiger partial charge in [0, 0.05) is 18.0 Å². The molecule has 0 aliphatic rings. The summed E-state index contributed by atoms with van der Waals surface area (Å²) in [6.07, 6.45) is 4.94. The third kappa shape index (κ3) is 1.86. The van der Waals surface area contributed by atoms with E-state index < -0.39 is 0 Å². The summed E-state index contributed by atoms with van der Waals surface area (Å²) in [5.41, 5.74) is 1.88. The average molecular weight is 225 g/mol. The molecule has 0 amide bonds. The number of aromatic nitrogens is 2. The number of hydrogen-bond acceptors (Lipinski definition) is 2. The van der Waals surface area contributed by atoms with Crippen LogP contribution in [0.1, 0.15) is 0 Å². The van der Waals surface area contributed by atoms with Crippen LogP contribution in [0.5, 0.6) is 0 Å². The summed E-state index contributed by atoms with van der Waals surface area (Å²) in [4.78, 5) is 7.85. The predicted molar refractivity (Wildman–Crippen MR) is 57.5 cm³/mol. The number of halogens is 2. The monoisotopic (exact) mass is 224 g/mol. The first-order valence-electron chi connectivity index (χ1n) is 3.98. The third-order valence-electron chi connectivity index (χ3n) is 1.81. The largest absolute Gasteiger partial charge is 0.244 e. The Balaban J connectivity index is 2.48. The predicted octanol–water partition coefficient (Wildman–Crippen LogP) is 3.45. The Kier molecular flexibility index (Phi) is 2.66. The van der Waals surface area contributed by atoms with E-state index in [1.807, 2.05) is 6.07 Å². The van der Waals surface area contributed by atoms with Crippen LogP contribution in [-0.4, -0.2) is 9.97 Å². The second-order valence-electron chi connectivity index (χ2n) is 2.76. The maximum atomic E-state index is 5.89. The van der Waals surface area contributed by atoms with Crippen molar-refractivity contribution < 1.29 is 0 Å². The Morgan fingerprint density at radius 1 is 0.857 bits per heavy atom. The zero-order valence-corrected chi connectivity index (χ0v) is 8.63. The summed E-state index contributed by atoms with van der Waals surface area (Å²) in [6, 6.07) is 5.43. The van der Waals surface area contributed by atoms with Gasteiger partial charge in [0.15, 0.2) is 0 Å². The molecule has 14 heavy (non-hydrogen) atoms. The maximum Gasteiger partial charge on any atom is 0.115 e. The van der Waals surface area contributed by atoms with Gasteiger partial charge in [-0.3, -0.25) is 0 Å². The highest BCUT2D eigenvalue weighted by Gasteiger charge is 2.01. The molecular formula is C10H6Cl2N2. The highest BCUT2D eigenvalue weighted by molar-refractivity contribution is 6.42. The van der Waals surface area contributed by atoms with Crippen LogP contribution in [0.15, 0.2) is 36.9 Å². The first kappa shape index (κ1) is 9.44. The molecule has 0 bridgehead atoms. The zero-order chi connectivity index (χ0) is 9.97. The van der Waals surface area contributed by atoms with Gasteiger partial charge in [-0.05, 0) is 17.7 Å². The minimum absolute atomic E-state index is 0.535. The molecule has 0 saturated carbocycles. The van der Waals surface area contributed by atoms with E-state index >= 15 is 0 Å². The number of hydrogen-bond donors (Lipinski definition) is 0. The SMILES string of the molecule is Clc1ccc(-c2cncnc2)cc1Cl. The molecule has 4 heteroatoms. The zero-order valence-electron chi connectivity index (χ0n) is 7.11. The lowest BCUT2D eigenvalue weighted by Gasteiger charge is -2.01. The Labute approximate surface area is 91.5 Å². The molecule has 2 rings (SSSR count). The van der Waals surface area contributed by atoms with Crippen LogP contribution in [0.3, 0.4) is 0 Å². The first-order valence-corrected chi connectivity index (χ1v) is 4.73. The summed E-state index contributed by atoms with van der Waals surface area (Å²) >= 11 is 11.7. The molecule has 0 radical (unpaired) electrons. The molecule has 1 heterocycles. The second kappa shape index (κ2) is 3.95. The Morgan fingerprint density at radius 3 is 2.21 bits per heavy atom. The minimum Gasteiger partial charge on any atom is -0.244 e. The highest BCUT2D eigenvalue weighted by atomic mass is 35.5. The van der Waals surface area contributed by atoms with Crippen molar-refractivity contribution in [2.75, 3.05) is 0 Å². The van der Waals surface area contributed by atoms with Crippen LogP contribution in [0, 0.1) is 0 Å². The number of benzene rings is 1. The number of rotatable bonds is 1. The molecule has 0 aliphatic heterocycles. The van der Waals surface area contributed by atoms with Crippen molar-refractivity contribution in [2.45, 2.75) is 0 Å². The summed E-state index contributed by atoms with van der Waals surface area (Å²) in [7, 11) is 0. The highest BCUT2D eigenvalue weighted by Crippen LogP contribution is 2.27. The summed E-state index contributed by atoms with van der Waals surface area (Å²) < 4.78 is 0. The number of nitrogens with zero attached hydrogens (tertiary/aromatic N) is 2. The van der Waals surface area contributed by atoms with Crippen LogP contribution in [0.2, 0.25) is 10.0 Å². The van der Waals surface area contributed by atoms with Crippen molar-refractivity contribution in [2.24, 2.45) is 0 Å². The van der Waals surface area contributed by atoms with E-state index in [0.29, 0.717) is 10.0 Å². The van der Waals surface area contributed by atoms with Gasteiger partial charge in [0.05, 0.1) is 10.0 Å². The van der Waals surface area contributed by atoms with Crippen molar-refractivity contribution >= 4 is 23.2 Å². The third-order valence-corrected chi connectivity index (χ3v) is 2.55.